The van der Waals surface area contributed by atoms with Crippen LogP contribution in [0.2, 0.25) is 0 Å². The van der Waals surface area contributed by atoms with E-state index >= 15 is 0 Å². The van der Waals surface area contributed by atoms with Gasteiger partial charge in [0, 0.05) is 4.47 Å². The van der Waals surface area contributed by atoms with Crippen LogP contribution >= 0.6 is 15.9 Å². The van der Waals surface area contributed by atoms with Crippen LogP contribution in [0.3, 0.4) is 0 Å². The third-order valence-electron chi connectivity index (χ3n) is 2.74. The molecule has 1 rings (SSSR count). The van der Waals surface area contributed by atoms with Gasteiger partial charge < -0.3 is 4.74 Å². The lowest BCUT2D eigenvalue weighted by atomic mass is 9.84. The molecule has 98 valence electrons. The van der Waals surface area contributed by atoms with Crippen molar-refractivity contribution < 1.29 is 9.53 Å². The maximum atomic E-state index is 11.8. The Morgan fingerprint density at radius 1 is 1.33 bits per heavy atom. The molecular formula is C15H19BrO2. The van der Waals surface area contributed by atoms with Crippen LogP contribution in [-0.2, 0) is 9.53 Å². The molecule has 0 bridgehead atoms. The molecule has 0 atom stereocenters. The molecule has 0 saturated heterocycles. The standard InChI is InChI=1S/C15H19BrO2/c1-5-18-14(17)15(3,4)10-11(2)12-6-8-13(16)9-7-12/h6-9H,2,5,10H2,1,3-4H3. The zero-order valence-electron chi connectivity index (χ0n) is 11.1. The zero-order valence-corrected chi connectivity index (χ0v) is 12.7. The summed E-state index contributed by atoms with van der Waals surface area (Å²) in [5.41, 5.74) is 1.45. The molecule has 0 unspecified atom stereocenters. The zero-order chi connectivity index (χ0) is 13.8. The quantitative estimate of drug-likeness (QED) is 0.751. The topological polar surface area (TPSA) is 26.3 Å². The molecular weight excluding hydrogens is 292 g/mol. The summed E-state index contributed by atoms with van der Waals surface area (Å²) in [6.07, 6.45) is 0.591. The summed E-state index contributed by atoms with van der Waals surface area (Å²) in [4.78, 5) is 11.8. The van der Waals surface area contributed by atoms with Crippen LogP contribution in [0.15, 0.2) is 35.3 Å². The van der Waals surface area contributed by atoms with Crippen molar-refractivity contribution in [1.82, 2.24) is 0 Å². The molecule has 2 nitrogen and oxygen atoms in total. The second kappa shape index (κ2) is 6.19. The highest BCUT2D eigenvalue weighted by atomic mass is 79.9. The first-order chi connectivity index (χ1) is 8.36. The summed E-state index contributed by atoms with van der Waals surface area (Å²) in [5, 5.41) is 0. The second-order valence-electron chi connectivity index (χ2n) is 4.89. The van der Waals surface area contributed by atoms with Crippen molar-refractivity contribution in [3.05, 3.63) is 40.9 Å². The van der Waals surface area contributed by atoms with E-state index < -0.39 is 5.41 Å². The molecule has 0 aliphatic carbocycles. The van der Waals surface area contributed by atoms with Gasteiger partial charge in [-0.2, -0.15) is 0 Å². The fourth-order valence-electron chi connectivity index (χ4n) is 1.72. The van der Waals surface area contributed by atoms with Gasteiger partial charge in [-0.1, -0.05) is 34.6 Å². The molecule has 0 radical (unpaired) electrons. The lowest BCUT2D eigenvalue weighted by Crippen LogP contribution is -2.26. The fraction of sp³-hybridized carbons (Fsp3) is 0.400. The van der Waals surface area contributed by atoms with Crippen molar-refractivity contribution in [3.63, 3.8) is 0 Å². The monoisotopic (exact) mass is 310 g/mol. The molecule has 0 spiro atoms. The molecule has 0 aromatic heterocycles. The van der Waals surface area contributed by atoms with E-state index in [0.717, 1.165) is 15.6 Å². The van der Waals surface area contributed by atoms with Gasteiger partial charge in [0.05, 0.1) is 12.0 Å². The van der Waals surface area contributed by atoms with Crippen molar-refractivity contribution in [3.8, 4) is 0 Å². The minimum Gasteiger partial charge on any atom is -0.466 e. The van der Waals surface area contributed by atoms with Crippen LogP contribution in [0, 0.1) is 5.41 Å². The van der Waals surface area contributed by atoms with Crippen LogP contribution in [-0.4, -0.2) is 12.6 Å². The average molecular weight is 311 g/mol. The maximum Gasteiger partial charge on any atom is 0.311 e. The van der Waals surface area contributed by atoms with Crippen molar-refractivity contribution in [2.45, 2.75) is 27.2 Å². The number of carbonyl (C=O) groups excluding carboxylic acids is 1. The third-order valence-corrected chi connectivity index (χ3v) is 3.26. The highest BCUT2D eigenvalue weighted by molar-refractivity contribution is 9.10. The summed E-state index contributed by atoms with van der Waals surface area (Å²) < 4.78 is 6.11. The number of benzene rings is 1. The van der Waals surface area contributed by atoms with Crippen molar-refractivity contribution in [2.75, 3.05) is 6.61 Å². The van der Waals surface area contributed by atoms with Crippen molar-refractivity contribution in [2.24, 2.45) is 5.41 Å². The first-order valence-corrected chi connectivity index (χ1v) is 6.77. The molecule has 1 aromatic carbocycles. The van der Waals surface area contributed by atoms with Crippen LogP contribution in [0.5, 0.6) is 0 Å². The molecule has 0 aliphatic heterocycles. The van der Waals surface area contributed by atoms with Crippen LogP contribution in [0.4, 0.5) is 0 Å². The fourth-order valence-corrected chi connectivity index (χ4v) is 1.98. The number of rotatable bonds is 5. The van der Waals surface area contributed by atoms with E-state index in [1.807, 2.05) is 45.0 Å². The molecule has 0 fully saturated rings. The number of carbonyl (C=O) groups is 1. The van der Waals surface area contributed by atoms with E-state index in [9.17, 15) is 4.79 Å². The van der Waals surface area contributed by atoms with E-state index in [1.165, 1.54) is 0 Å². The Bertz CT molecular complexity index is 432. The number of esters is 1. The van der Waals surface area contributed by atoms with E-state index in [2.05, 4.69) is 22.5 Å². The molecule has 0 aliphatic rings. The Morgan fingerprint density at radius 3 is 2.39 bits per heavy atom. The van der Waals surface area contributed by atoms with Gasteiger partial charge in [0.15, 0.2) is 0 Å². The van der Waals surface area contributed by atoms with Gasteiger partial charge in [-0.3, -0.25) is 4.79 Å². The van der Waals surface area contributed by atoms with Crippen LogP contribution < -0.4 is 0 Å². The van der Waals surface area contributed by atoms with Crippen molar-refractivity contribution in [1.29, 1.82) is 0 Å². The summed E-state index contributed by atoms with van der Waals surface area (Å²) in [6.45, 7) is 10.1. The minimum atomic E-state index is -0.542. The number of hydrogen-bond donors (Lipinski definition) is 0. The molecule has 0 heterocycles. The van der Waals surface area contributed by atoms with E-state index in [1.54, 1.807) is 0 Å². The lowest BCUT2D eigenvalue weighted by molar-refractivity contribution is -0.153. The highest BCUT2D eigenvalue weighted by Crippen LogP contribution is 2.31. The summed E-state index contributed by atoms with van der Waals surface area (Å²) in [7, 11) is 0. The Hall–Kier alpha value is -1.09. The highest BCUT2D eigenvalue weighted by Gasteiger charge is 2.30. The smallest absolute Gasteiger partial charge is 0.311 e. The number of ether oxygens (including phenoxy) is 1. The Labute approximate surface area is 117 Å². The van der Waals surface area contributed by atoms with E-state index in [4.69, 9.17) is 4.74 Å². The average Bonchev–Trinajstić information content (AvgIpc) is 2.29. The molecule has 0 saturated carbocycles. The maximum absolute atomic E-state index is 11.8. The predicted octanol–water partition coefficient (Wildman–Crippen LogP) is 4.44. The predicted molar refractivity (Wildman–Crippen MR) is 78.2 cm³/mol. The Kier molecular flexibility index (Phi) is 5.15. The summed E-state index contributed by atoms with van der Waals surface area (Å²) in [5.74, 6) is -0.178. The van der Waals surface area contributed by atoms with Crippen molar-refractivity contribution >= 4 is 27.5 Å². The third kappa shape index (κ3) is 3.98. The van der Waals surface area contributed by atoms with Gasteiger partial charge in [-0.05, 0) is 50.5 Å². The Morgan fingerprint density at radius 2 is 1.89 bits per heavy atom. The number of allylic oxidation sites excluding steroid dienone is 1. The first-order valence-electron chi connectivity index (χ1n) is 5.98. The summed E-state index contributed by atoms with van der Waals surface area (Å²) in [6, 6.07) is 7.93. The normalized spacial score (nSPS) is 11.1. The molecule has 18 heavy (non-hydrogen) atoms. The van der Waals surface area contributed by atoms with E-state index in [-0.39, 0.29) is 5.97 Å². The SMILES string of the molecule is C=C(CC(C)(C)C(=O)OCC)c1ccc(Br)cc1. The molecule has 1 aromatic rings. The number of hydrogen-bond acceptors (Lipinski definition) is 2. The largest absolute Gasteiger partial charge is 0.466 e. The minimum absolute atomic E-state index is 0.178. The van der Waals surface area contributed by atoms with Gasteiger partial charge in [0.1, 0.15) is 0 Å². The van der Waals surface area contributed by atoms with Gasteiger partial charge in [-0.25, -0.2) is 0 Å². The first kappa shape index (κ1) is 15.0. The van der Waals surface area contributed by atoms with Crippen LogP contribution in [0.1, 0.15) is 32.8 Å². The van der Waals surface area contributed by atoms with Gasteiger partial charge in [0.25, 0.3) is 0 Å². The molecule has 3 heteroatoms. The van der Waals surface area contributed by atoms with Gasteiger partial charge >= 0.3 is 5.97 Å². The summed E-state index contributed by atoms with van der Waals surface area (Å²) >= 11 is 3.40. The van der Waals surface area contributed by atoms with E-state index in [0.29, 0.717) is 13.0 Å². The molecule has 0 N–H and O–H groups in total. The van der Waals surface area contributed by atoms with Gasteiger partial charge in [-0.15, -0.1) is 0 Å². The lowest BCUT2D eigenvalue weighted by Gasteiger charge is -2.23. The number of halogens is 1. The second-order valence-corrected chi connectivity index (χ2v) is 5.81. The Balaban J connectivity index is 2.75. The van der Waals surface area contributed by atoms with Crippen LogP contribution in [0.25, 0.3) is 5.57 Å². The van der Waals surface area contributed by atoms with Gasteiger partial charge in [0.2, 0.25) is 0 Å². The molecule has 0 amide bonds.